The van der Waals surface area contributed by atoms with E-state index < -0.39 is 6.36 Å². The van der Waals surface area contributed by atoms with Crippen LogP contribution in [-0.4, -0.2) is 26.1 Å². The largest absolute Gasteiger partial charge is 0.573 e. The number of benzene rings is 1. The Bertz CT molecular complexity index is 475. The molecule has 3 rings (SSSR count). The molecule has 2 heterocycles. The van der Waals surface area contributed by atoms with Crippen molar-refractivity contribution in [3.05, 3.63) is 23.8 Å². The molecule has 2 aliphatic rings. The summed E-state index contributed by atoms with van der Waals surface area (Å²) in [6.07, 6.45) is -3.85. The lowest BCUT2D eigenvalue weighted by Gasteiger charge is -2.18. The minimum atomic E-state index is -4.70. The Morgan fingerprint density at radius 1 is 1.26 bits per heavy atom. The first-order chi connectivity index (χ1) is 9.04. The average Bonchev–Trinajstić information content (AvgIpc) is 2.70. The molecule has 2 atom stereocenters. The van der Waals surface area contributed by atoms with Gasteiger partial charge < -0.3 is 14.8 Å². The normalized spacial score (nSPS) is 26.1. The van der Waals surface area contributed by atoms with E-state index in [9.17, 15) is 13.2 Å². The van der Waals surface area contributed by atoms with Gasteiger partial charge in [-0.2, -0.15) is 0 Å². The summed E-state index contributed by atoms with van der Waals surface area (Å²) in [5.41, 5.74) is 0.814. The number of ether oxygens (including phenoxy) is 2. The van der Waals surface area contributed by atoms with Crippen LogP contribution in [0.4, 0.5) is 13.2 Å². The monoisotopic (exact) mass is 273 g/mol. The molecule has 1 aromatic rings. The molecule has 0 amide bonds. The highest BCUT2D eigenvalue weighted by molar-refractivity contribution is 5.49. The van der Waals surface area contributed by atoms with Crippen molar-refractivity contribution in [3.63, 3.8) is 0 Å². The summed E-state index contributed by atoms with van der Waals surface area (Å²) in [4.78, 5) is 0. The van der Waals surface area contributed by atoms with Crippen molar-refractivity contribution < 1.29 is 22.6 Å². The van der Waals surface area contributed by atoms with Crippen LogP contribution in [0, 0.1) is 5.92 Å². The van der Waals surface area contributed by atoms with Crippen LogP contribution < -0.4 is 14.8 Å². The van der Waals surface area contributed by atoms with E-state index in [2.05, 4.69) is 10.1 Å². The Balaban J connectivity index is 1.99. The van der Waals surface area contributed by atoms with Gasteiger partial charge in [0, 0.05) is 18.0 Å². The van der Waals surface area contributed by atoms with Crippen molar-refractivity contribution >= 4 is 0 Å². The van der Waals surface area contributed by atoms with Gasteiger partial charge >= 0.3 is 6.36 Å². The highest BCUT2D eigenvalue weighted by Crippen LogP contribution is 2.44. The summed E-state index contributed by atoms with van der Waals surface area (Å²) in [6, 6.07) is 4.72. The summed E-state index contributed by atoms with van der Waals surface area (Å²) < 4.78 is 46.7. The van der Waals surface area contributed by atoms with Gasteiger partial charge in [-0.25, -0.2) is 0 Å². The van der Waals surface area contributed by atoms with Gasteiger partial charge in [0.15, 0.2) is 11.5 Å². The maximum absolute atomic E-state index is 12.4. The van der Waals surface area contributed by atoms with E-state index in [-0.39, 0.29) is 17.4 Å². The molecule has 3 nitrogen and oxygen atoms in total. The molecule has 2 aliphatic heterocycles. The zero-order valence-electron chi connectivity index (χ0n) is 10.2. The maximum atomic E-state index is 12.4. The van der Waals surface area contributed by atoms with Crippen LogP contribution in [-0.2, 0) is 0 Å². The lowest BCUT2D eigenvalue weighted by molar-refractivity contribution is -0.275. The Hall–Kier alpha value is -1.43. The SMILES string of the molecule is FC(F)(F)Oc1cccc2c1OCCC1CNCC21. The molecule has 1 aromatic carbocycles. The third-order valence-electron chi connectivity index (χ3n) is 3.71. The van der Waals surface area contributed by atoms with Gasteiger partial charge in [0.2, 0.25) is 0 Å². The molecule has 0 aromatic heterocycles. The van der Waals surface area contributed by atoms with Crippen molar-refractivity contribution in [3.8, 4) is 11.5 Å². The summed E-state index contributed by atoms with van der Waals surface area (Å²) in [5.74, 6) is 0.630. The second-order valence-electron chi connectivity index (χ2n) is 4.88. The first-order valence-electron chi connectivity index (χ1n) is 6.27. The molecule has 1 saturated heterocycles. The highest BCUT2D eigenvalue weighted by atomic mass is 19.4. The second kappa shape index (κ2) is 4.59. The molecule has 0 bridgehead atoms. The van der Waals surface area contributed by atoms with Crippen molar-refractivity contribution in [1.29, 1.82) is 0 Å². The number of para-hydroxylation sites is 1. The Morgan fingerprint density at radius 3 is 2.89 bits per heavy atom. The van der Waals surface area contributed by atoms with Gasteiger partial charge in [0.1, 0.15) is 0 Å². The highest BCUT2D eigenvalue weighted by Gasteiger charge is 2.37. The van der Waals surface area contributed by atoms with Crippen LogP contribution in [0.25, 0.3) is 0 Å². The van der Waals surface area contributed by atoms with E-state index in [0.29, 0.717) is 12.5 Å². The molecule has 19 heavy (non-hydrogen) atoms. The zero-order valence-corrected chi connectivity index (χ0v) is 10.2. The molecule has 0 radical (unpaired) electrons. The summed E-state index contributed by atoms with van der Waals surface area (Å²) >= 11 is 0. The van der Waals surface area contributed by atoms with E-state index in [4.69, 9.17) is 4.74 Å². The Labute approximate surface area is 108 Å². The van der Waals surface area contributed by atoms with Crippen LogP contribution in [0.5, 0.6) is 11.5 Å². The van der Waals surface area contributed by atoms with E-state index in [1.807, 2.05) is 6.07 Å². The van der Waals surface area contributed by atoms with E-state index in [1.54, 1.807) is 6.07 Å². The molecular formula is C13H14F3NO2. The fourth-order valence-corrected chi connectivity index (χ4v) is 2.90. The molecule has 0 saturated carbocycles. The summed E-state index contributed by atoms with van der Waals surface area (Å²) in [5, 5.41) is 3.28. The summed E-state index contributed by atoms with van der Waals surface area (Å²) in [6.45, 7) is 2.09. The lowest BCUT2D eigenvalue weighted by Crippen LogP contribution is -2.18. The number of fused-ring (bicyclic) bond motifs is 3. The Kier molecular flexibility index (Phi) is 3.05. The minimum Gasteiger partial charge on any atom is -0.489 e. The van der Waals surface area contributed by atoms with Crippen LogP contribution in [0.2, 0.25) is 0 Å². The van der Waals surface area contributed by atoms with Gasteiger partial charge in [-0.3, -0.25) is 0 Å². The van der Waals surface area contributed by atoms with Gasteiger partial charge in [-0.15, -0.1) is 13.2 Å². The summed E-state index contributed by atoms with van der Waals surface area (Å²) in [7, 11) is 0. The van der Waals surface area contributed by atoms with Crippen molar-refractivity contribution in [2.24, 2.45) is 5.92 Å². The molecule has 2 unspecified atom stereocenters. The maximum Gasteiger partial charge on any atom is 0.573 e. The van der Waals surface area contributed by atoms with Crippen molar-refractivity contribution in [2.45, 2.75) is 18.7 Å². The van der Waals surface area contributed by atoms with Crippen molar-refractivity contribution in [2.75, 3.05) is 19.7 Å². The molecule has 0 aliphatic carbocycles. The smallest absolute Gasteiger partial charge is 0.489 e. The van der Waals surface area contributed by atoms with Gasteiger partial charge in [-0.05, 0) is 24.9 Å². The van der Waals surface area contributed by atoms with Gasteiger partial charge in [-0.1, -0.05) is 12.1 Å². The fraction of sp³-hybridized carbons (Fsp3) is 0.538. The quantitative estimate of drug-likeness (QED) is 0.853. The third-order valence-corrected chi connectivity index (χ3v) is 3.71. The first-order valence-corrected chi connectivity index (χ1v) is 6.27. The average molecular weight is 273 g/mol. The third kappa shape index (κ3) is 2.49. The predicted octanol–water partition coefficient (Wildman–Crippen LogP) is 2.67. The number of nitrogens with one attached hydrogen (secondary N) is 1. The number of hydrogen-bond acceptors (Lipinski definition) is 3. The van der Waals surface area contributed by atoms with E-state index in [0.717, 1.165) is 25.1 Å². The molecular weight excluding hydrogens is 259 g/mol. The van der Waals surface area contributed by atoms with Crippen molar-refractivity contribution in [1.82, 2.24) is 5.32 Å². The molecule has 104 valence electrons. The molecule has 1 fully saturated rings. The number of halogens is 3. The first kappa shape index (κ1) is 12.6. The van der Waals surface area contributed by atoms with Crippen LogP contribution in [0.1, 0.15) is 17.9 Å². The predicted molar refractivity (Wildman–Crippen MR) is 62.3 cm³/mol. The van der Waals surface area contributed by atoms with Gasteiger partial charge in [0.05, 0.1) is 6.61 Å². The number of alkyl halides is 3. The van der Waals surface area contributed by atoms with E-state index in [1.165, 1.54) is 6.07 Å². The zero-order chi connectivity index (χ0) is 13.5. The minimum absolute atomic E-state index is 0.203. The van der Waals surface area contributed by atoms with Crippen LogP contribution in [0.3, 0.4) is 0 Å². The van der Waals surface area contributed by atoms with E-state index >= 15 is 0 Å². The number of hydrogen-bond donors (Lipinski definition) is 1. The number of rotatable bonds is 1. The molecule has 0 spiro atoms. The Morgan fingerprint density at radius 2 is 2.11 bits per heavy atom. The molecule has 1 N–H and O–H groups in total. The van der Waals surface area contributed by atoms with Crippen LogP contribution in [0.15, 0.2) is 18.2 Å². The van der Waals surface area contributed by atoms with Gasteiger partial charge in [0.25, 0.3) is 0 Å². The second-order valence-corrected chi connectivity index (χ2v) is 4.88. The standard InChI is InChI=1S/C13H14F3NO2/c14-13(15,16)19-11-3-1-2-9-10-7-17-6-8(10)4-5-18-12(9)11/h1-3,8,10,17H,4-7H2. The lowest BCUT2D eigenvalue weighted by atomic mass is 9.87. The van der Waals surface area contributed by atoms with Crippen LogP contribution >= 0.6 is 0 Å². The molecule has 6 heteroatoms. The topological polar surface area (TPSA) is 30.5 Å². The fourth-order valence-electron chi connectivity index (χ4n) is 2.90.